The zero-order valence-electron chi connectivity index (χ0n) is 28.7. The first-order valence-electron chi connectivity index (χ1n) is 15.4. The fourth-order valence-corrected chi connectivity index (χ4v) is 6.83. The van der Waals surface area contributed by atoms with Crippen LogP contribution < -0.4 is 0 Å². The van der Waals surface area contributed by atoms with Gasteiger partial charge in [0.05, 0.1) is 20.4 Å². The number of carbonyl (C=O) groups excluding carboxylic acids is 1. The van der Waals surface area contributed by atoms with Gasteiger partial charge >= 0.3 is 5.97 Å². The summed E-state index contributed by atoms with van der Waals surface area (Å²) >= 11 is 12.3. The SMILES string of the molecule is CC.CCC(C)(C)C(=O)OCCc1sc(S)c(C)c1C.CCC(C)(C)c1ccccc1.CCCc1sc(S)c(C)c1C. The van der Waals surface area contributed by atoms with E-state index in [2.05, 4.69) is 111 Å². The summed E-state index contributed by atoms with van der Waals surface area (Å²) in [6.45, 7) is 27.8. The zero-order valence-corrected chi connectivity index (χ0v) is 32.1. The van der Waals surface area contributed by atoms with E-state index in [0.29, 0.717) is 12.0 Å². The van der Waals surface area contributed by atoms with E-state index in [-0.39, 0.29) is 11.4 Å². The van der Waals surface area contributed by atoms with E-state index in [1.165, 1.54) is 61.0 Å². The van der Waals surface area contributed by atoms with Crippen LogP contribution in [0, 0.1) is 33.1 Å². The second kappa shape index (κ2) is 19.9. The van der Waals surface area contributed by atoms with Gasteiger partial charge in [0.15, 0.2) is 0 Å². The summed E-state index contributed by atoms with van der Waals surface area (Å²) in [6, 6.07) is 10.7. The maximum absolute atomic E-state index is 11.8. The summed E-state index contributed by atoms with van der Waals surface area (Å²) in [5.41, 5.74) is 6.71. The predicted octanol–water partition coefficient (Wildman–Crippen LogP) is 12.2. The molecule has 0 bridgehead atoms. The third kappa shape index (κ3) is 12.8. The number of rotatable bonds is 9. The first kappa shape index (κ1) is 40.8. The Morgan fingerprint density at radius 3 is 1.55 bits per heavy atom. The van der Waals surface area contributed by atoms with Crippen LogP contribution in [-0.4, -0.2) is 12.6 Å². The number of carbonyl (C=O) groups is 1. The molecule has 2 heterocycles. The first-order valence-corrected chi connectivity index (χ1v) is 17.9. The third-order valence-corrected chi connectivity index (χ3v) is 11.7. The lowest BCUT2D eigenvalue weighted by Gasteiger charge is -2.22. The van der Waals surface area contributed by atoms with E-state index >= 15 is 0 Å². The molecular weight excluding hydrogens is 593 g/mol. The fraction of sp³-hybridized carbons (Fsp3) is 0.583. The van der Waals surface area contributed by atoms with Crippen molar-refractivity contribution >= 4 is 53.9 Å². The highest BCUT2D eigenvalue weighted by atomic mass is 32.2. The molecular formula is C36H58O2S4. The van der Waals surface area contributed by atoms with Crippen LogP contribution in [-0.2, 0) is 27.8 Å². The van der Waals surface area contributed by atoms with Crippen molar-refractivity contribution in [1.29, 1.82) is 0 Å². The van der Waals surface area contributed by atoms with Gasteiger partial charge in [0.2, 0.25) is 0 Å². The van der Waals surface area contributed by atoms with Gasteiger partial charge < -0.3 is 4.74 Å². The Labute approximate surface area is 277 Å². The predicted molar refractivity (Wildman–Crippen MR) is 196 cm³/mol. The molecule has 0 radical (unpaired) electrons. The molecule has 0 spiro atoms. The lowest BCUT2D eigenvalue weighted by atomic mass is 9.82. The van der Waals surface area contributed by atoms with Gasteiger partial charge in [0.1, 0.15) is 0 Å². The van der Waals surface area contributed by atoms with Crippen LogP contribution in [0.15, 0.2) is 38.8 Å². The molecule has 0 aliphatic carbocycles. The number of esters is 1. The van der Waals surface area contributed by atoms with Crippen LogP contribution in [0.2, 0.25) is 0 Å². The summed E-state index contributed by atoms with van der Waals surface area (Å²) in [5, 5.41) is 0. The van der Waals surface area contributed by atoms with Crippen molar-refractivity contribution in [2.75, 3.05) is 6.61 Å². The second-order valence-electron chi connectivity index (χ2n) is 11.6. The number of benzene rings is 1. The highest BCUT2D eigenvalue weighted by molar-refractivity contribution is 7.83. The molecule has 0 N–H and O–H groups in total. The fourth-order valence-electron chi connectivity index (χ4n) is 3.65. The molecule has 1 aromatic carbocycles. The number of hydrogen-bond acceptors (Lipinski definition) is 6. The van der Waals surface area contributed by atoms with Gasteiger partial charge in [-0.25, -0.2) is 0 Å². The van der Waals surface area contributed by atoms with Gasteiger partial charge in [-0.15, -0.1) is 47.9 Å². The largest absolute Gasteiger partial charge is 0.465 e. The Kier molecular flexibility index (Phi) is 19.4. The van der Waals surface area contributed by atoms with Crippen molar-refractivity contribution in [3.05, 3.63) is 67.9 Å². The molecule has 0 unspecified atom stereocenters. The number of aryl methyl sites for hydroxylation is 1. The van der Waals surface area contributed by atoms with E-state index in [0.717, 1.165) is 17.1 Å². The van der Waals surface area contributed by atoms with Crippen LogP contribution in [0.4, 0.5) is 0 Å². The standard InChI is InChI=1S/C14H22O2S2.C11H16.C9H14S2.C2H6/c1-6-14(4,5)13(15)16-8-7-11-9(2)10(3)12(17)18-11;1-4-11(2,3)10-8-6-5-7-9-10;1-4-5-8-6(2)7(3)9(10)11-8;1-2/h17H,6-8H2,1-5H3;5-9H,4H2,1-3H3;10H,4-5H2,1-3H3;1-2H3. The van der Waals surface area contributed by atoms with Crippen LogP contribution in [0.25, 0.3) is 0 Å². The van der Waals surface area contributed by atoms with E-state index < -0.39 is 0 Å². The third-order valence-electron chi connectivity index (χ3n) is 7.96. The van der Waals surface area contributed by atoms with Gasteiger partial charge in [0, 0.05) is 16.2 Å². The lowest BCUT2D eigenvalue weighted by Crippen LogP contribution is -2.26. The van der Waals surface area contributed by atoms with Crippen molar-refractivity contribution in [3.8, 4) is 0 Å². The first-order chi connectivity index (χ1) is 19.6. The molecule has 3 rings (SSSR count). The summed E-state index contributed by atoms with van der Waals surface area (Å²) < 4.78 is 7.59. The number of ether oxygens (including phenoxy) is 1. The molecule has 0 amide bonds. The quantitative estimate of drug-likeness (QED) is 0.178. The van der Waals surface area contributed by atoms with Gasteiger partial charge in [-0.05, 0) is 94.0 Å². The van der Waals surface area contributed by atoms with Crippen LogP contribution >= 0.6 is 47.9 Å². The molecule has 0 atom stereocenters. The molecule has 0 saturated heterocycles. The Morgan fingerprint density at radius 1 is 0.738 bits per heavy atom. The lowest BCUT2D eigenvalue weighted by molar-refractivity contribution is -0.154. The molecule has 0 aliphatic rings. The normalized spacial score (nSPS) is 10.9. The van der Waals surface area contributed by atoms with Crippen LogP contribution in [0.3, 0.4) is 0 Å². The Hall–Kier alpha value is -1.21. The second-order valence-corrected chi connectivity index (χ2v) is 15.3. The van der Waals surface area contributed by atoms with Crippen molar-refractivity contribution < 1.29 is 9.53 Å². The van der Waals surface area contributed by atoms with Gasteiger partial charge in [-0.3, -0.25) is 4.79 Å². The van der Waals surface area contributed by atoms with Crippen LogP contribution in [0.1, 0.15) is 119 Å². The summed E-state index contributed by atoms with van der Waals surface area (Å²) in [5.74, 6) is -0.109. The monoisotopic (exact) mass is 650 g/mol. The van der Waals surface area contributed by atoms with Crippen molar-refractivity contribution in [3.63, 3.8) is 0 Å². The van der Waals surface area contributed by atoms with E-state index in [1.807, 2.05) is 46.0 Å². The molecule has 2 aromatic heterocycles. The maximum Gasteiger partial charge on any atom is 0.311 e. The molecule has 6 heteroatoms. The maximum atomic E-state index is 11.8. The Balaban J connectivity index is 0.000000609. The van der Waals surface area contributed by atoms with E-state index in [4.69, 9.17) is 4.74 Å². The summed E-state index contributed by atoms with van der Waals surface area (Å²) in [7, 11) is 0. The molecule has 0 fully saturated rings. The topological polar surface area (TPSA) is 26.3 Å². The van der Waals surface area contributed by atoms with Gasteiger partial charge in [-0.1, -0.05) is 85.2 Å². The molecule has 3 aromatic rings. The van der Waals surface area contributed by atoms with Crippen molar-refractivity contribution in [2.24, 2.45) is 5.41 Å². The molecule has 2 nitrogen and oxygen atoms in total. The average Bonchev–Trinajstić information content (AvgIpc) is 3.38. The molecule has 238 valence electrons. The number of hydrogen-bond donors (Lipinski definition) is 2. The highest BCUT2D eigenvalue weighted by Crippen LogP contribution is 2.32. The smallest absolute Gasteiger partial charge is 0.311 e. The molecule has 42 heavy (non-hydrogen) atoms. The Morgan fingerprint density at radius 2 is 1.19 bits per heavy atom. The van der Waals surface area contributed by atoms with E-state index in [9.17, 15) is 4.79 Å². The van der Waals surface area contributed by atoms with Crippen LogP contribution in [0.5, 0.6) is 0 Å². The molecule has 0 saturated carbocycles. The average molecular weight is 651 g/mol. The van der Waals surface area contributed by atoms with Crippen molar-refractivity contribution in [1.82, 2.24) is 0 Å². The molecule has 0 aliphatic heterocycles. The number of thiophene rings is 2. The highest BCUT2D eigenvalue weighted by Gasteiger charge is 2.27. The van der Waals surface area contributed by atoms with Gasteiger partial charge in [0.25, 0.3) is 0 Å². The Bertz CT molecular complexity index is 1190. The van der Waals surface area contributed by atoms with Gasteiger partial charge in [-0.2, -0.15) is 0 Å². The zero-order chi connectivity index (χ0) is 32.7. The summed E-state index contributed by atoms with van der Waals surface area (Å²) in [6.07, 6.45) is 5.20. The summed E-state index contributed by atoms with van der Waals surface area (Å²) in [4.78, 5) is 14.6. The van der Waals surface area contributed by atoms with Crippen molar-refractivity contribution in [2.45, 2.75) is 136 Å². The minimum absolute atomic E-state index is 0.109. The van der Waals surface area contributed by atoms with E-state index in [1.54, 1.807) is 11.3 Å². The minimum atomic E-state index is -0.380. The minimum Gasteiger partial charge on any atom is -0.465 e. The number of thiol groups is 2.